The lowest BCUT2D eigenvalue weighted by molar-refractivity contribution is -0.0313. The van der Waals surface area contributed by atoms with Crippen LogP contribution in [0.4, 0.5) is 5.69 Å². The minimum Gasteiger partial charge on any atom is -0.496 e. The molecule has 4 saturated carbocycles. The quantitative estimate of drug-likeness (QED) is 0.273. The number of nitrogens with zero attached hydrogens (tertiary/aromatic N) is 2. The second-order valence-electron chi connectivity index (χ2n) is 12.5. The number of fused-ring (bicyclic) bond motifs is 1. The van der Waals surface area contributed by atoms with Gasteiger partial charge in [-0.15, -0.1) is 0 Å². The van der Waals surface area contributed by atoms with E-state index in [1.54, 1.807) is 17.5 Å². The number of rotatable bonds is 8. The molecule has 196 valence electrons. The summed E-state index contributed by atoms with van der Waals surface area (Å²) in [5.74, 6) is 1.74. The summed E-state index contributed by atoms with van der Waals surface area (Å²) in [7, 11) is -3.44. The summed E-state index contributed by atoms with van der Waals surface area (Å²) in [6.45, 7) is 8.48. The fraction of sp³-hybridized carbons (Fsp3) is 0.769. The Bertz CT molecular complexity index is 1040. The molecule has 4 aliphatic carbocycles. The summed E-state index contributed by atoms with van der Waals surface area (Å²) < 4.78 is 43.0. The van der Waals surface area contributed by atoms with Gasteiger partial charge in [-0.2, -0.15) is 4.31 Å². The minimum absolute atomic E-state index is 0.0709. The number of ether oxygens (including phenoxy) is 2. The Balaban J connectivity index is 1.55. The molecule has 1 aromatic carbocycles. The van der Waals surface area contributed by atoms with Crippen molar-refractivity contribution in [3.05, 3.63) is 16.6 Å². The summed E-state index contributed by atoms with van der Waals surface area (Å²) in [6, 6.07) is 4.67. The first kappa shape index (κ1) is 26.0. The van der Waals surface area contributed by atoms with Crippen molar-refractivity contribution in [2.24, 2.45) is 11.8 Å². The van der Waals surface area contributed by atoms with Crippen LogP contribution in [0.1, 0.15) is 51.4 Å². The first-order chi connectivity index (χ1) is 16.5. The van der Waals surface area contributed by atoms with Crippen molar-refractivity contribution in [2.45, 2.75) is 93.5 Å². The number of hydrogen-bond donors (Lipinski definition) is 0. The molecule has 1 atom stereocenters. The zero-order chi connectivity index (χ0) is 25.0. The van der Waals surface area contributed by atoms with Crippen LogP contribution in [-0.2, 0) is 14.8 Å². The van der Waals surface area contributed by atoms with E-state index in [0.29, 0.717) is 23.2 Å². The largest absolute Gasteiger partial charge is 0.496 e. The predicted molar refractivity (Wildman–Crippen MR) is 146 cm³/mol. The Kier molecular flexibility index (Phi) is 7.14. The van der Waals surface area contributed by atoms with Gasteiger partial charge in [0.1, 0.15) is 17.4 Å². The summed E-state index contributed by atoms with van der Waals surface area (Å²) in [6.07, 6.45) is 9.36. The molecule has 0 saturated heterocycles. The van der Waals surface area contributed by atoms with Gasteiger partial charge in [0.05, 0.1) is 17.3 Å². The molecule has 0 radical (unpaired) electrons. The highest BCUT2D eigenvalue weighted by Crippen LogP contribution is 2.62. The molecule has 1 heterocycles. The van der Waals surface area contributed by atoms with Crippen molar-refractivity contribution in [1.29, 1.82) is 0 Å². The molecule has 0 unspecified atom stereocenters. The van der Waals surface area contributed by atoms with Crippen LogP contribution in [0, 0.1) is 11.8 Å². The molecule has 0 aromatic heterocycles. The van der Waals surface area contributed by atoms with E-state index in [2.05, 4.69) is 40.5 Å². The number of hydrogen-bond acceptors (Lipinski definition) is 5. The van der Waals surface area contributed by atoms with E-state index in [0.717, 1.165) is 41.5 Å². The molecule has 35 heavy (non-hydrogen) atoms. The summed E-state index contributed by atoms with van der Waals surface area (Å²) >= 11 is 3.64. The number of anilines is 1. The summed E-state index contributed by atoms with van der Waals surface area (Å²) in [5, 5.41) is 0. The average molecular weight is 586 g/mol. The Labute approximate surface area is 220 Å². The monoisotopic (exact) mass is 584 g/mol. The van der Waals surface area contributed by atoms with Gasteiger partial charge in [0.15, 0.2) is 0 Å². The molecule has 2 bridgehead atoms. The maximum atomic E-state index is 14.4. The number of halogens is 1. The van der Waals surface area contributed by atoms with Crippen molar-refractivity contribution < 1.29 is 17.9 Å². The third kappa shape index (κ3) is 4.85. The molecule has 4 fully saturated rings. The molecular weight excluding hydrogens is 544 g/mol. The smallest absolute Gasteiger partial charge is 0.247 e. The van der Waals surface area contributed by atoms with Gasteiger partial charge in [0.25, 0.3) is 0 Å². The second kappa shape index (κ2) is 9.60. The highest BCUT2D eigenvalue weighted by molar-refractivity contribution is 9.10. The van der Waals surface area contributed by atoms with Crippen molar-refractivity contribution in [1.82, 2.24) is 4.31 Å². The van der Waals surface area contributed by atoms with Crippen LogP contribution in [0.2, 0.25) is 25.7 Å². The highest BCUT2D eigenvalue weighted by atomic mass is 79.9. The standard InChI is InChI=1S/C26H41BrN2O4SSi/c1-32-24-13-25-22(12-21(24)27)28(26-14-19(15-26)16-26)17-23(20-8-6-5-7-9-20)29(34(25,30)31)18-33-10-11-35(2,3)4/h12-13,19-20,23H,5-11,14-18H2,1-4H3/t19?,23-,26?/m0/s1. The van der Waals surface area contributed by atoms with Gasteiger partial charge in [-0.1, -0.05) is 38.9 Å². The molecule has 1 aromatic rings. The molecule has 6 nitrogen and oxygen atoms in total. The van der Waals surface area contributed by atoms with Crippen LogP contribution < -0.4 is 9.64 Å². The summed E-state index contributed by atoms with van der Waals surface area (Å²) in [5.41, 5.74) is 0.950. The number of sulfonamides is 1. The van der Waals surface area contributed by atoms with Gasteiger partial charge in [0.2, 0.25) is 10.0 Å². The first-order valence-electron chi connectivity index (χ1n) is 13.3. The van der Waals surface area contributed by atoms with Gasteiger partial charge in [0, 0.05) is 38.9 Å². The van der Waals surface area contributed by atoms with Gasteiger partial charge >= 0.3 is 0 Å². The topological polar surface area (TPSA) is 59.1 Å². The van der Waals surface area contributed by atoms with Crippen LogP contribution in [-0.4, -0.2) is 59.4 Å². The molecular formula is C26H41BrN2O4SSi. The maximum absolute atomic E-state index is 14.4. The normalized spacial score (nSPS) is 30.7. The van der Waals surface area contributed by atoms with Crippen LogP contribution in [0.25, 0.3) is 0 Å². The van der Waals surface area contributed by atoms with Gasteiger partial charge in [-0.05, 0) is 72.0 Å². The third-order valence-corrected chi connectivity index (χ3v) is 13.0. The summed E-state index contributed by atoms with van der Waals surface area (Å²) in [4.78, 5) is 2.85. The van der Waals surface area contributed by atoms with Gasteiger partial charge in [-0.25, -0.2) is 8.42 Å². The lowest BCUT2D eigenvalue weighted by Crippen LogP contribution is -2.70. The van der Waals surface area contributed by atoms with Crippen LogP contribution in [0.3, 0.4) is 0 Å². The maximum Gasteiger partial charge on any atom is 0.247 e. The molecule has 0 N–H and O–H groups in total. The highest BCUT2D eigenvalue weighted by Gasteiger charge is 2.62. The fourth-order valence-corrected chi connectivity index (χ4v) is 9.59. The van der Waals surface area contributed by atoms with E-state index in [-0.39, 0.29) is 18.3 Å². The number of methoxy groups -OCH3 is 1. The van der Waals surface area contributed by atoms with Crippen molar-refractivity contribution in [2.75, 3.05) is 31.9 Å². The second-order valence-corrected chi connectivity index (χ2v) is 20.8. The van der Waals surface area contributed by atoms with E-state index in [4.69, 9.17) is 9.47 Å². The Morgan fingerprint density at radius 3 is 2.37 bits per heavy atom. The fourth-order valence-electron chi connectivity index (χ4n) is 6.59. The van der Waals surface area contributed by atoms with E-state index in [9.17, 15) is 8.42 Å². The zero-order valence-electron chi connectivity index (χ0n) is 21.7. The predicted octanol–water partition coefficient (Wildman–Crippen LogP) is 6.08. The SMILES string of the molecule is COc1cc2c(cc1Br)N(C13CC(C1)C3)C[C@@H](C1CCCCC1)N(COCC[Si](C)(C)C)S2(=O)=O. The Morgan fingerprint density at radius 1 is 1.11 bits per heavy atom. The van der Waals surface area contributed by atoms with Gasteiger partial charge < -0.3 is 14.4 Å². The van der Waals surface area contributed by atoms with Gasteiger partial charge in [-0.3, -0.25) is 0 Å². The van der Waals surface area contributed by atoms with E-state index in [1.807, 2.05) is 6.07 Å². The van der Waals surface area contributed by atoms with Crippen molar-refractivity contribution in [3.8, 4) is 5.75 Å². The molecule has 5 aliphatic rings. The Morgan fingerprint density at radius 2 is 1.80 bits per heavy atom. The molecule has 0 spiro atoms. The third-order valence-electron chi connectivity index (χ3n) is 8.84. The Hall–Kier alpha value is -0.613. The molecule has 9 heteroatoms. The lowest BCUT2D eigenvalue weighted by atomic mass is 9.49. The molecule has 0 amide bonds. The first-order valence-corrected chi connectivity index (χ1v) is 19.2. The van der Waals surface area contributed by atoms with E-state index < -0.39 is 18.1 Å². The van der Waals surface area contributed by atoms with Crippen LogP contribution in [0.15, 0.2) is 21.5 Å². The van der Waals surface area contributed by atoms with Crippen LogP contribution >= 0.6 is 15.9 Å². The van der Waals surface area contributed by atoms with Crippen molar-refractivity contribution in [3.63, 3.8) is 0 Å². The number of benzene rings is 1. The molecule has 6 rings (SSSR count). The zero-order valence-corrected chi connectivity index (χ0v) is 25.1. The lowest BCUT2D eigenvalue weighted by Gasteiger charge is -2.67. The van der Waals surface area contributed by atoms with E-state index in [1.165, 1.54) is 38.5 Å². The average Bonchev–Trinajstić information content (AvgIpc) is 2.82. The van der Waals surface area contributed by atoms with E-state index >= 15 is 0 Å². The van der Waals surface area contributed by atoms with Crippen molar-refractivity contribution >= 4 is 39.7 Å². The van der Waals surface area contributed by atoms with Crippen LogP contribution in [0.5, 0.6) is 5.75 Å². The molecule has 1 aliphatic heterocycles. The minimum atomic E-state index is -3.77.